The number of rotatable bonds is 4. The zero-order valence-electron chi connectivity index (χ0n) is 19.0. The van der Waals surface area contributed by atoms with Crippen molar-refractivity contribution in [3.05, 3.63) is 38.8 Å². The molecular formula is C25H30BrN3O3S. The number of amides is 1. The Morgan fingerprint density at radius 2 is 2.21 bits per heavy atom. The summed E-state index contributed by atoms with van der Waals surface area (Å²) in [5.41, 5.74) is 3.38. The van der Waals surface area contributed by atoms with E-state index in [1.54, 1.807) is 12.3 Å². The number of fused-ring (bicyclic) bond motifs is 5. The molecule has 0 aliphatic heterocycles. The highest BCUT2D eigenvalue weighted by atomic mass is 79.9. The second-order valence-electron chi connectivity index (χ2n) is 10.1. The maximum atomic E-state index is 12.6. The first-order valence-corrected chi connectivity index (χ1v) is 13.4. The molecule has 5 rings (SSSR count). The number of aryl methyl sites for hydroxylation is 1. The Morgan fingerprint density at radius 3 is 2.94 bits per heavy atom. The number of phenols is 1. The Hall–Kier alpha value is -1.93. The summed E-state index contributed by atoms with van der Waals surface area (Å²) in [4.78, 5) is 17.9. The van der Waals surface area contributed by atoms with Crippen LogP contribution in [0.5, 0.6) is 5.75 Å². The normalized spacial score (nSPS) is 31.7. The van der Waals surface area contributed by atoms with Gasteiger partial charge in [0.1, 0.15) is 5.75 Å². The highest BCUT2D eigenvalue weighted by Gasteiger charge is 2.57. The maximum absolute atomic E-state index is 12.6. The summed E-state index contributed by atoms with van der Waals surface area (Å²) in [6.45, 7) is 4.24. The lowest BCUT2D eigenvalue weighted by molar-refractivity contribution is -0.116. The molecule has 8 heteroatoms. The van der Waals surface area contributed by atoms with Crippen LogP contribution in [0.1, 0.15) is 67.4 Å². The SMILES string of the molecule is Cc1cnc(NC(=O)CCC2C/C(=N\O)C3(C)CCC4c5ccc(O)c(Br)c5CCC4C23)s1. The third-order valence-corrected chi connectivity index (χ3v) is 10.1. The van der Waals surface area contributed by atoms with Crippen molar-refractivity contribution in [2.24, 2.45) is 28.3 Å². The number of thiazole rings is 1. The summed E-state index contributed by atoms with van der Waals surface area (Å²) in [6, 6.07) is 3.90. The predicted octanol–water partition coefficient (Wildman–Crippen LogP) is 6.25. The van der Waals surface area contributed by atoms with Crippen molar-refractivity contribution in [1.82, 2.24) is 4.98 Å². The van der Waals surface area contributed by atoms with Crippen LogP contribution < -0.4 is 5.32 Å². The van der Waals surface area contributed by atoms with Gasteiger partial charge in [-0.15, -0.1) is 11.3 Å². The van der Waals surface area contributed by atoms with E-state index < -0.39 is 0 Å². The third-order valence-electron chi connectivity index (χ3n) is 8.43. The molecule has 0 saturated heterocycles. The Morgan fingerprint density at radius 1 is 1.39 bits per heavy atom. The van der Waals surface area contributed by atoms with Crippen LogP contribution in [0.15, 0.2) is 28.0 Å². The number of aromatic hydroxyl groups is 1. The van der Waals surface area contributed by atoms with Gasteiger partial charge < -0.3 is 15.6 Å². The molecule has 0 radical (unpaired) electrons. The van der Waals surface area contributed by atoms with Crippen molar-refractivity contribution < 1.29 is 15.1 Å². The van der Waals surface area contributed by atoms with E-state index in [-0.39, 0.29) is 11.3 Å². The van der Waals surface area contributed by atoms with Gasteiger partial charge in [0.2, 0.25) is 5.91 Å². The van der Waals surface area contributed by atoms with Crippen LogP contribution in [0.2, 0.25) is 0 Å². The van der Waals surface area contributed by atoms with Crippen molar-refractivity contribution in [3.8, 4) is 5.75 Å². The van der Waals surface area contributed by atoms with Gasteiger partial charge in [0.25, 0.3) is 0 Å². The largest absolute Gasteiger partial charge is 0.507 e. The van der Waals surface area contributed by atoms with Gasteiger partial charge in [-0.3, -0.25) is 4.79 Å². The summed E-state index contributed by atoms with van der Waals surface area (Å²) in [5, 5.41) is 27.4. The zero-order chi connectivity index (χ0) is 23.3. The predicted molar refractivity (Wildman–Crippen MR) is 133 cm³/mol. The number of phenolic OH excluding ortho intramolecular Hbond substituents is 1. The smallest absolute Gasteiger partial charge is 0.226 e. The summed E-state index contributed by atoms with van der Waals surface area (Å²) in [7, 11) is 0. The number of aromatic nitrogens is 1. The molecule has 0 spiro atoms. The van der Waals surface area contributed by atoms with E-state index in [1.807, 2.05) is 6.92 Å². The number of carbonyl (C=O) groups is 1. The molecule has 2 saturated carbocycles. The molecule has 3 N–H and O–H groups in total. The molecule has 2 aromatic rings. The summed E-state index contributed by atoms with van der Waals surface area (Å²) in [6.07, 6.45) is 7.78. The van der Waals surface area contributed by atoms with Crippen LogP contribution in [0.3, 0.4) is 0 Å². The third kappa shape index (κ3) is 3.89. The van der Waals surface area contributed by atoms with Crippen LogP contribution in [0, 0.1) is 30.1 Å². The molecule has 3 aliphatic carbocycles. The minimum absolute atomic E-state index is 0.00111. The molecule has 1 aromatic heterocycles. The first kappa shape index (κ1) is 22.8. The number of hydrogen-bond donors (Lipinski definition) is 3. The molecule has 176 valence electrons. The first-order chi connectivity index (χ1) is 15.8. The van der Waals surface area contributed by atoms with Gasteiger partial charge >= 0.3 is 0 Å². The average molecular weight is 533 g/mol. The van der Waals surface area contributed by atoms with Crippen molar-refractivity contribution in [1.29, 1.82) is 0 Å². The number of benzene rings is 1. The molecule has 2 fully saturated rings. The maximum Gasteiger partial charge on any atom is 0.226 e. The van der Waals surface area contributed by atoms with Crippen LogP contribution in [0.25, 0.3) is 0 Å². The number of hydrogen-bond acceptors (Lipinski definition) is 6. The van der Waals surface area contributed by atoms with Crippen molar-refractivity contribution >= 4 is 44.0 Å². The standard InChI is InChI=1S/C25H30BrN3O3S/c1-13-12-27-24(33-13)28-21(31)8-3-14-11-20(29-32)25(2)10-9-16-15-6-7-19(30)23(26)18(15)5-4-17(16)22(14)25/h6-7,12,14,16-17,22,30,32H,3-5,8-11H2,1-2H3,(H,27,28,31)/b29-20+. The number of nitrogens with one attached hydrogen (secondary N) is 1. The van der Waals surface area contributed by atoms with Gasteiger partial charge in [0, 0.05) is 22.9 Å². The summed E-state index contributed by atoms with van der Waals surface area (Å²) < 4.78 is 0.835. The molecule has 1 aromatic carbocycles. The van der Waals surface area contributed by atoms with Crippen molar-refractivity contribution in [3.63, 3.8) is 0 Å². The highest BCUT2D eigenvalue weighted by Crippen LogP contribution is 2.63. The number of nitrogens with zero attached hydrogens (tertiary/aromatic N) is 2. The lowest BCUT2D eigenvalue weighted by Gasteiger charge is -2.50. The number of anilines is 1. The van der Waals surface area contributed by atoms with Gasteiger partial charge in [-0.1, -0.05) is 18.1 Å². The van der Waals surface area contributed by atoms with Crippen molar-refractivity contribution in [2.45, 2.75) is 64.7 Å². The van der Waals surface area contributed by atoms with Crippen LogP contribution >= 0.6 is 27.3 Å². The Balaban J connectivity index is 1.37. The van der Waals surface area contributed by atoms with E-state index in [1.165, 1.54) is 22.5 Å². The van der Waals surface area contributed by atoms with Gasteiger partial charge in [-0.25, -0.2) is 4.98 Å². The first-order valence-electron chi connectivity index (χ1n) is 11.8. The Kier molecular flexibility index (Phi) is 6.02. The average Bonchev–Trinajstić information content (AvgIpc) is 3.33. The second-order valence-corrected chi connectivity index (χ2v) is 12.2. The van der Waals surface area contributed by atoms with E-state index in [4.69, 9.17) is 0 Å². The van der Waals surface area contributed by atoms with Crippen LogP contribution in [0.4, 0.5) is 5.13 Å². The van der Waals surface area contributed by atoms with E-state index in [0.717, 1.165) is 53.6 Å². The summed E-state index contributed by atoms with van der Waals surface area (Å²) in [5.74, 6) is 1.94. The molecule has 33 heavy (non-hydrogen) atoms. The fourth-order valence-electron chi connectivity index (χ4n) is 7.02. The fraction of sp³-hybridized carbons (Fsp3) is 0.560. The fourth-order valence-corrected chi connectivity index (χ4v) is 8.26. The number of oxime groups is 1. The number of carbonyl (C=O) groups excluding carboxylic acids is 1. The highest BCUT2D eigenvalue weighted by molar-refractivity contribution is 9.10. The molecule has 5 atom stereocenters. The van der Waals surface area contributed by atoms with Crippen molar-refractivity contribution in [2.75, 3.05) is 5.32 Å². The van der Waals surface area contributed by atoms with Crippen LogP contribution in [-0.4, -0.2) is 26.9 Å². The number of halogens is 1. The van der Waals surface area contributed by atoms with E-state index in [9.17, 15) is 15.1 Å². The van der Waals surface area contributed by atoms with Gasteiger partial charge in [0.15, 0.2) is 5.13 Å². The second kappa shape index (κ2) is 8.69. The van der Waals surface area contributed by atoms with Crippen LogP contribution in [-0.2, 0) is 11.2 Å². The zero-order valence-corrected chi connectivity index (χ0v) is 21.4. The molecule has 3 aliphatic rings. The quantitative estimate of drug-likeness (QED) is 0.321. The monoisotopic (exact) mass is 531 g/mol. The van der Waals surface area contributed by atoms with Gasteiger partial charge in [-0.05, 0) is 102 Å². The van der Waals surface area contributed by atoms with Gasteiger partial charge in [0.05, 0.1) is 10.2 Å². The Labute approximate surface area is 206 Å². The molecule has 5 unspecified atom stereocenters. The molecule has 6 nitrogen and oxygen atoms in total. The molecular weight excluding hydrogens is 502 g/mol. The Bertz CT molecular complexity index is 1120. The van der Waals surface area contributed by atoms with Gasteiger partial charge in [-0.2, -0.15) is 0 Å². The molecule has 0 bridgehead atoms. The summed E-state index contributed by atoms with van der Waals surface area (Å²) >= 11 is 5.09. The minimum Gasteiger partial charge on any atom is -0.507 e. The topological polar surface area (TPSA) is 94.8 Å². The lowest BCUT2D eigenvalue weighted by Crippen LogP contribution is -2.44. The van der Waals surface area contributed by atoms with E-state index in [0.29, 0.717) is 41.0 Å². The molecule has 1 heterocycles. The lowest BCUT2D eigenvalue weighted by atomic mass is 9.54. The van der Waals surface area contributed by atoms with E-state index in [2.05, 4.69) is 44.4 Å². The molecule has 1 amide bonds. The van der Waals surface area contributed by atoms with E-state index >= 15 is 0 Å². The minimum atomic E-state index is -0.116.